The molecule has 0 bridgehead atoms. The van der Waals surface area contributed by atoms with E-state index < -0.39 is 10.0 Å². The second-order valence-electron chi connectivity index (χ2n) is 5.62. The summed E-state index contributed by atoms with van der Waals surface area (Å²) in [5, 5.41) is 0. The predicted octanol–water partition coefficient (Wildman–Crippen LogP) is 1.51. The minimum atomic E-state index is -3.03. The number of pyridine rings is 1. The summed E-state index contributed by atoms with van der Waals surface area (Å²) in [4.78, 5) is 4.25. The van der Waals surface area contributed by atoms with Gasteiger partial charge in [-0.3, -0.25) is 4.98 Å². The molecule has 2 aliphatic heterocycles. The van der Waals surface area contributed by atoms with Crippen molar-refractivity contribution >= 4 is 21.8 Å². The van der Waals surface area contributed by atoms with Crippen molar-refractivity contribution in [3.8, 4) is 0 Å². The zero-order valence-electron chi connectivity index (χ0n) is 12.1. The molecular formula is C14H20N2O3S2. The highest BCUT2D eigenvalue weighted by molar-refractivity contribution is 8.01. The fraction of sp³-hybridized carbons (Fsp3) is 0.643. The third kappa shape index (κ3) is 3.26. The lowest BCUT2D eigenvalue weighted by molar-refractivity contribution is 0.0380. The van der Waals surface area contributed by atoms with Crippen LogP contribution in [-0.4, -0.2) is 53.2 Å². The van der Waals surface area contributed by atoms with E-state index in [4.69, 9.17) is 4.74 Å². The largest absolute Gasteiger partial charge is 0.371 e. The van der Waals surface area contributed by atoms with Gasteiger partial charge < -0.3 is 4.74 Å². The van der Waals surface area contributed by atoms with Crippen LogP contribution in [0.4, 0.5) is 0 Å². The predicted molar refractivity (Wildman–Crippen MR) is 83.7 cm³/mol. The first-order valence-electron chi connectivity index (χ1n) is 7.16. The minimum Gasteiger partial charge on any atom is -0.371 e. The molecule has 1 unspecified atom stereocenters. The standard InChI is InChI=1S/C14H20N2O3S2/c1-2-21(17,18)16-10-14(11-16)7-13(9-20-14)19-8-12-5-3-4-6-15-12/h3-6,13H,2,7-11H2,1H3. The molecule has 2 aliphatic rings. The van der Waals surface area contributed by atoms with Gasteiger partial charge >= 0.3 is 0 Å². The third-order valence-electron chi connectivity index (χ3n) is 4.06. The molecule has 1 aromatic heterocycles. The molecule has 1 aromatic rings. The van der Waals surface area contributed by atoms with E-state index in [1.165, 1.54) is 0 Å². The number of hydrogen-bond donors (Lipinski definition) is 0. The van der Waals surface area contributed by atoms with Crippen LogP contribution in [0, 0.1) is 0 Å². The van der Waals surface area contributed by atoms with Gasteiger partial charge in [-0.25, -0.2) is 8.42 Å². The minimum absolute atomic E-state index is 0.0804. The van der Waals surface area contributed by atoms with Crippen LogP contribution < -0.4 is 0 Å². The van der Waals surface area contributed by atoms with Gasteiger partial charge in [-0.05, 0) is 25.5 Å². The van der Waals surface area contributed by atoms with Gasteiger partial charge in [0, 0.05) is 29.8 Å². The summed E-state index contributed by atoms with van der Waals surface area (Å²) in [7, 11) is -3.03. The number of sulfonamides is 1. The lowest BCUT2D eigenvalue weighted by Gasteiger charge is -2.46. The molecule has 7 heteroatoms. The number of rotatable bonds is 5. The molecule has 1 atom stereocenters. The molecule has 0 aliphatic carbocycles. The first kappa shape index (κ1) is 15.3. The topological polar surface area (TPSA) is 59.5 Å². The Bertz CT molecular complexity index is 585. The molecule has 0 radical (unpaired) electrons. The van der Waals surface area contributed by atoms with Gasteiger partial charge in [-0.2, -0.15) is 4.31 Å². The Morgan fingerprint density at radius 2 is 2.29 bits per heavy atom. The van der Waals surface area contributed by atoms with Crippen LogP contribution in [-0.2, 0) is 21.4 Å². The first-order valence-corrected chi connectivity index (χ1v) is 9.76. The van der Waals surface area contributed by atoms with Gasteiger partial charge in [0.15, 0.2) is 0 Å². The molecule has 116 valence electrons. The van der Waals surface area contributed by atoms with E-state index >= 15 is 0 Å². The molecule has 5 nitrogen and oxygen atoms in total. The van der Waals surface area contributed by atoms with Crippen molar-refractivity contribution in [2.24, 2.45) is 0 Å². The Morgan fingerprint density at radius 3 is 2.95 bits per heavy atom. The molecule has 0 saturated carbocycles. The molecule has 2 fully saturated rings. The van der Waals surface area contributed by atoms with Crippen LogP contribution in [0.3, 0.4) is 0 Å². The fourth-order valence-corrected chi connectivity index (χ4v) is 5.76. The Morgan fingerprint density at radius 1 is 1.48 bits per heavy atom. The zero-order valence-corrected chi connectivity index (χ0v) is 13.7. The van der Waals surface area contributed by atoms with Crippen LogP contribution in [0.5, 0.6) is 0 Å². The molecule has 2 saturated heterocycles. The Hall–Kier alpha value is -0.630. The van der Waals surface area contributed by atoms with Crippen molar-refractivity contribution in [2.75, 3.05) is 24.6 Å². The third-order valence-corrected chi connectivity index (χ3v) is 7.41. The van der Waals surface area contributed by atoms with Gasteiger partial charge in [0.1, 0.15) is 0 Å². The van der Waals surface area contributed by atoms with Gasteiger partial charge in [-0.15, -0.1) is 11.8 Å². The summed E-state index contributed by atoms with van der Waals surface area (Å²) < 4.78 is 31.2. The Balaban J connectivity index is 1.49. The summed E-state index contributed by atoms with van der Waals surface area (Å²) in [5.74, 6) is 1.13. The number of thioether (sulfide) groups is 1. The summed E-state index contributed by atoms with van der Waals surface area (Å²) in [6, 6.07) is 5.80. The quantitative estimate of drug-likeness (QED) is 0.820. The molecule has 0 amide bonds. The van der Waals surface area contributed by atoms with Crippen LogP contribution in [0.1, 0.15) is 19.0 Å². The zero-order chi connectivity index (χ0) is 14.9. The number of hydrogen-bond acceptors (Lipinski definition) is 5. The van der Waals surface area contributed by atoms with E-state index in [1.807, 2.05) is 30.0 Å². The van der Waals surface area contributed by atoms with Gasteiger partial charge in [0.2, 0.25) is 10.0 Å². The summed E-state index contributed by atoms with van der Waals surface area (Å²) in [5.41, 5.74) is 0.937. The highest BCUT2D eigenvalue weighted by atomic mass is 32.2. The second kappa shape index (κ2) is 5.87. The van der Waals surface area contributed by atoms with Crippen LogP contribution >= 0.6 is 11.8 Å². The van der Waals surface area contributed by atoms with Crippen molar-refractivity contribution in [3.63, 3.8) is 0 Å². The lowest BCUT2D eigenvalue weighted by Crippen LogP contribution is -2.60. The molecule has 0 N–H and O–H groups in total. The van der Waals surface area contributed by atoms with Crippen molar-refractivity contribution in [3.05, 3.63) is 30.1 Å². The second-order valence-corrected chi connectivity index (χ2v) is 9.37. The lowest BCUT2D eigenvalue weighted by atomic mass is 9.95. The van der Waals surface area contributed by atoms with E-state index in [0.717, 1.165) is 17.9 Å². The van der Waals surface area contributed by atoms with E-state index in [-0.39, 0.29) is 16.6 Å². The average molecular weight is 328 g/mol. The molecule has 1 spiro atoms. The number of ether oxygens (including phenoxy) is 1. The SMILES string of the molecule is CCS(=O)(=O)N1CC2(CC(OCc3ccccn3)CS2)C1. The highest BCUT2D eigenvalue weighted by Gasteiger charge is 2.52. The molecule has 3 heterocycles. The Labute approximate surface area is 130 Å². The number of aromatic nitrogens is 1. The van der Waals surface area contributed by atoms with Crippen molar-refractivity contribution in [1.29, 1.82) is 0 Å². The van der Waals surface area contributed by atoms with E-state index in [0.29, 0.717) is 19.7 Å². The van der Waals surface area contributed by atoms with Crippen LogP contribution in [0.25, 0.3) is 0 Å². The molecule has 3 rings (SSSR count). The molecule has 0 aromatic carbocycles. The maximum absolute atomic E-state index is 11.8. The number of nitrogens with zero attached hydrogens (tertiary/aromatic N) is 2. The van der Waals surface area contributed by atoms with Gasteiger partial charge in [-0.1, -0.05) is 6.07 Å². The van der Waals surface area contributed by atoms with Crippen LogP contribution in [0.2, 0.25) is 0 Å². The summed E-state index contributed by atoms with van der Waals surface area (Å²) in [6.07, 6.45) is 2.90. The molecule has 21 heavy (non-hydrogen) atoms. The van der Waals surface area contributed by atoms with Crippen molar-refractivity contribution in [1.82, 2.24) is 9.29 Å². The smallest absolute Gasteiger partial charge is 0.213 e. The van der Waals surface area contributed by atoms with Crippen LogP contribution in [0.15, 0.2) is 24.4 Å². The van der Waals surface area contributed by atoms with E-state index in [9.17, 15) is 8.42 Å². The van der Waals surface area contributed by atoms with Crippen molar-refractivity contribution < 1.29 is 13.2 Å². The van der Waals surface area contributed by atoms with E-state index in [2.05, 4.69) is 4.98 Å². The van der Waals surface area contributed by atoms with E-state index in [1.54, 1.807) is 17.4 Å². The first-order chi connectivity index (χ1) is 10.0. The summed E-state index contributed by atoms with van der Waals surface area (Å²) in [6.45, 7) is 3.49. The maximum Gasteiger partial charge on any atom is 0.213 e. The van der Waals surface area contributed by atoms with Gasteiger partial charge in [0.25, 0.3) is 0 Å². The fourth-order valence-electron chi connectivity index (χ4n) is 2.79. The van der Waals surface area contributed by atoms with Gasteiger partial charge in [0.05, 0.1) is 24.2 Å². The average Bonchev–Trinajstić information content (AvgIpc) is 2.89. The maximum atomic E-state index is 11.8. The molecular weight excluding hydrogens is 308 g/mol. The Kier molecular flexibility index (Phi) is 4.27. The van der Waals surface area contributed by atoms with Crippen molar-refractivity contribution in [2.45, 2.75) is 30.8 Å². The monoisotopic (exact) mass is 328 g/mol. The summed E-state index contributed by atoms with van der Waals surface area (Å²) >= 11 is 1.85. The normalized spacial score (nSPS) is 25.1. The highest BCUT2D eigenvalue weighted by Crippen LogP contribution is 2.47.